The summed E-state index contributed by atoms with van der Waals surface area (Å²) in [6.07, 6.45) is 1.64. The molecular weight excluding hydrogens is 230 g/mol. The van der Waals surface area contributed by atoms with Crippen molar-refractivity contribution in [2.45, 2.75) is 25.8 Å². The van der Waals surface area contributed by atoms with Crippen LogP contribution in [0.3, 0.4) is 0 Å². The van der Waals surface area contributed by atoms with Gasteiger partial charge < -0.3 is 19.9 Å². The van der Waals surface area contributed by atoms with E-state index in [9.17, 15) is 0 Å². The number of rotatable bonds is 8. The van der Waals surface area contributed by atoms with Crippen LogP contribution >= 0.6 is 0 Å². The predicted octanol–water partition coefficient (Wildman–Crippen LogP) is 2.13. The highest BCUT2D eigenvalue weighted by Crippen LogP contribution is 2.31. The van der Waals surface area contributed by atoms with Crippen LogP contribution in [-0.2, 0) is 0 Å². The summed E-state index contributed by atoms with van der Waals surface area (Å²) in [6, 6.07) is 6.02. The molecule has 0 saturated heterocycles. The van der Waals surface area contributed by atoms with Crippen LogP contribution in [0.4, 0.5) is 0 Å². The van der Waals surface area contributed by atoms with Crippen molar-refractivity contribution in [2.24, 2.45) is 0 Å². The third kappa shape index (κ3) is 3.89. The van der Waals surface area contributed by atoms with E-state index < -0.39 is 0 Å². The molecule has 1 unspecified atom stereocenters. The average Bonchev–Trinajstić information content (AvgIpc) is 2.42. The third-order valence-corrected chi connectivity index (χ3v) is 2.82. The molecule has 4 heteroatoms. The summed E-state index contributed by atoms with van der Waals surface area (Å²) in [5.41, 5.74) is 1.09. The Morgan fingerprint density at radius 1 is 1.33 bits per heavy atom. The Morgan fingerprint density at radius 2 is 2.11 bits per heavy atom. The van der Waals surface area contributed by atoms with Crippen molar-refractivity contribution in [3.63, 3.8) is 0 Å². The lowest BCUT2D eigenvalue weighted by atomic mass is 10.0. The second kappa shape index (κ2) is 7.95. The fourth-order valence-electron chi connectivity index (χ4n) is 1.84. The van der Waals surface area contributed by atoms with Crippen LogP contribution in [0.5, 0.6) is 11.5 Å². The summed E-state index contributed by atoms with van der Waals surface area (Å²) in [6.45, 7) is 2.91. The molecule has 0 radical (unpaired) electrons. The highest BCUT2D eigenvalue weighted by atomic mass is 16.5. The second-order valence-electron chi connectivity index (χ2n) is 4.11. The molecule has 2 N–H and O–H groups in total. The van der Waals surface area contributed by atoms with Gasteiger partial charge in [0, 0.05) is 12.6 Å². The monoisotopic (exact) mass is 253 g/mol. The Morgan fingerprint density at radius 3 is 2.67 bits per heavy atom. The summed E-state index contributed by atoms with van der Waals surface area (Å²) in [5, 5.41) is 12.2. The number of benzene rings is 1. The van der Waals surface area contributed by atoms with E-state index in [4.69, 9.17) is 14.6 Å². The molecule has 0 bridgehead atoms. The van der Waals surface area contributed by atoms with Gasteiger partial charge in [-0.15, -0.1) is 0 Å². The quantitative estimate of drug-likeness (QED) is 0.745. The zero-order valence-corrected chi connectivity index (χ0v) is 11.4. The van der Waals surface area contributed by atoms with Gasteiger partial charge in [0.15, 0.2) is 11.5 Å². The van der Waals surface area contributed by atoms with Crippen LogP contribution in [0.15, 0.2) is 18.2 Å². The molecule has 1 rings (SSSR count). The number of methoxy groups -OCH3 is 1. The van der Waals surface area contributed by atoms with Gasteiger partial charge in [0.25, 0.3) is 0 Å². The van der Waals surface area contributed by atoms with Gasteiger partial charge >= 0.3 is 0 Å². The fraction of sp³-hybridized carbons (Fsp3) is 0.571. The van der Waals surface area contributed by atoms with Crippen LogP contribution in [0.2, 0.25) is 0 Å². The van der Waals surface area contributed by atoms with Crippen molar-refractivity contribution >= 4 is 0 Å². The van der Waals surface area contributed by atoms with Crippen molar-refractivity contribution < 1.29 is 14.6 Å². The molecule has 18 heavy (non-hydrogen) atoms. The molecule has 0 aliphatic rings. The normalized spacial score (nSPS) is 12.2. The largest absolute Gasteiger partial charge is 0.493 e. The van der Waals surface area contributed by atoms with Crippen LogP contribution in [-0.4, -0.2) is 32.5 Å². The lowest BCUT2D eigenvalue weighted by Gasteiger charge is -2.18. The van der Waals surface area contributed by atoms with E-state index in [-0.39, 0.29) is 12.6 Å². The van der Waals surface area contributed by atoms with Crippen LogP contribution in [0.1, 0.15) is 31.4 Å². The van der Waals surface area contributed by atoms with E-state index in [0.29, 0.717) is 13.0 Å². The van der Waals surface area contributed by atoms with Gasteiger partial charge in [-0.2, -0.15) is 0 Å². The Hall–Kier alpha value is -1.26. The molecule has 0 aliphatic heterocycles. The van der Waals surface area contributed by atoms with Gasteiger partial charge in [0.1, 0.15) is 0 Å². The second-order valence-corrected chi connectivity index (χ2v) is 4.11. The molecular formula is C14H23NO3. The van der Waals surface area contributed by atoms with Crippen molar-refractivity contribution in [3.8, 4) is 11.5 Å². The SMILES string of the molecule is CCCOc1ccc(C(CCO)NC)cc1OC. The number of hydrogen-bond acceptors (Lipinski definition) is 4. The summed E-state index contributed by atoms with van der Waals surface area (Å²) in [5.74, 6) is 1.50. The molecule has 1 aromatic rings. The molecule has 1 aromatic carbocycles. The van der Waals surface area contributed by atoms with Gasteiger partial charge in [-0.3, -0.25) is 0 Å². The van der Waals surface area contributed by atoms with Gasteiger partial charge in [-0.05, 0) is 37.6 Å². The van der Waals surface area contributed by atoms with E-state index in [0.717, 1.165) is 23.5 Å². The average molecular weight is 253 g/mol. The topological polar surface area (TPSA) is 50.7 Å². The van der Waals surface area contributed by atoms with Crippen molar-refractivity contribution in [1.29, 1.82) is 0 Å². The van der Waals surface area contributed by atoms with Gasteiger partial charge in [0.05, 0.1) is 13.7 Å². The molecule has 1 atom stereocenters. The summed E-state index contributed by atoms with van der Waals surface area (Å²) < 4.78 is 11.0. The first-order valence-corrected chi connectivity index (χ1v) is 6.35. The van der Waals surface area contributed by atoms with E-state index in [1.807, 2.05) is 25.2 Å². The Bertz CT molecular complexity index is 355. The molecule has 0 aliphatic carbocycles. The first-order chi connectivity index (χ1) is 8.76. The number of aliphatic hydroxyl groups is 1. The molecule has 4 nitrogen and oxygen atoms in total. The Labute approximate surface area is 109 Å². The molecule has 0 amide bonds. The standard InChI is InChI=1S/C14H23NO3/c1-4-9-18-13-6-5-11(10-14(13)17-3)12(15-2)7-8-16/h5-6,10,12,15-16H,4,7-9H2,1-3H3. The summed E-state index contributed by atoms with van der Waals surface area (Å²) in [4.78, 5) is 0. The molecule has 0 fully saturated rings. The van der Waals surface area contributed by atoms with E-state index in [2.05, 4.69) is 12.2 Å². The Balaban J connectivity index is 2.89. The minimum atomic E-state index is 0.129. The molecule has 0 heterocycles. The van der Waals surface area contributed by atoms with Crippen LogP contribution in [0, 0.1) is 0 Å². The zero-order chi connectivity index (χ0) is 13.4. The maximum absolute atomic E-state index is 9.03. The fourth-order valence-corrected chi connectivity index (χ4v) is 1.84. The van der Waals surface area contributed by atoms with Crippen molar-refractivity contribution in [2.75, 3.05) is 27.4 Å². The zero-order valence-electron chi connectivity index (χ0n) is 11.4. The number of hydrogen-bond donors (Lipinski definition) is 2. The smallest absolute Gasteiger partial charge is 0.161 e. The number of aliphatic hydroxyl groups excluding tert-OH is 1. The minimum absolute atomic E-state index is 0.129. The van der Waals surface area contributed by atoms with E-state index in [1.54, 1.807) is 7.11 Å². The molecule has 102 valence electrons. The lowest BCUT2D eigenvalue weighted by molar-refractivity contribution is 0.268. The van der Waals surface area contributed by atoms with Crippen LogP contribution in [0.25, 0.3) is 0 Å². The maximum Gasteiger partial charge on any atom is 0.161 e. The molecule has 0 aromatic heterocycles. The molecule has 0 spiro atoms. The van der Waals surface area contributed by atoms with Crippen molar-refractivity contribution in [3.05, 3.63) is 23.8 Å². The summed E-state index contributed by atoms with van der Waals surface area (Å²) in [7, 11) is 3.52. The maximum atomic E-state index is 9.03. The Kier molecular flexibility index (Phi) is 6.54. The van der Waals surface area contributed by atoms with Gasteiger partial charge in [-0.1, -0.05) is 13.0 Å². The van der Waals surface area contributed by atoms with E-state index in [1.165, 1.54) is 0 Å². The lowest BCUT2D eigenvalue weighted by Crippen LogP contribution is -2.17. The number of ether oxygens (including phenoxy) is 2. The minimum Gasteiger partial charge on any atom is -0.493 e. The first kappa shape index (κ1) is 14.8. The van der Waals surface area contributed by atoms with Gasteiger partial charge in [0.2, 0.25) is 0 Å². The highest BCUT2D eigenvalue weighted by Gasteiger charge is 2.12. The summed E-state index contributed by atoms with van der Waals surface area (Å²) >= 11 is 0. The first-order valence-electron chi connectivity index (χ1n) is 6.35. The van der Waals surface area contributed by atoms with Gasteiger partial charge in [-0.25, -0.2) is 0 Å². The third-order valence-electron chi connectivity index (χ3n) is 2.82. The predicted molar refractivity (Wildman–Crippen MR) is 72.3 cm³/mol. The van der Waals surface area contributed by atoms with Crippen LogP contribution < -0.4 is 14.8 Å². The van der Waals surface area contributed by atoms with E-state index >= 15 is 0 Å². The molecule has 0 saturated carbocycles. The van der Waals surface area contributed by atoms with Crippen molar-refractivity contribution in [1.82, 2.24) is 5.32 Å². The highest BCUT2D eigenvalue weighted by molar-refractivity contribution is 5.43. The number of nitrogens with one attached hydrogen (secondary N) is 1.